The van der Waals surface area contributed by atoms with Gasteiger partial charge in [0.15, 0.2) is 0 Å². The second-order valence-corrected chi connectivity index (χ2v) is 4.22. The van der Waals surface area contributed by atoms with Crippen molar-refractivity contribution < 1.29 is 4.79 Å². The molecule has 0 saturated heterocycles. The quantitative estimate of drug-likeness (QED) is 0.891. The number of rotatable bonds is 4. The molecule has 2 rings (SSSR count). The first-order valence-corrected chi connectivity index (χ1v) is 6.39. The van der Waals surface area contributed by atoms with Crippen molar-refractivity contribution in [3.8, 4) is 6.07 Å². The molecule has 4 nitrogen and oxygen atoms in total. The number of hydrogen-bond acceptors (Lipinski definition) is 3. The van der Waals surface area contributed by atoms with Crippen LogP contribution in [0.2, 0.25) is 0 Å². The van der Waals surface area contributed by atoms with Crippen molar-refractivity contribution in [2.75, 3.05) is 17.2 Å². The highest BCUT2D eigenvalue weighted by Crippen LogP contribution is 2.17. The lowest BCUT2D eigenvalue weighted by Gasteiger charge is -2.11. The van der Waals surface area contributed by atoms with Crippen LogP contribution in [0.4, 0.5) is 11.4 Å². The van der Waals surface area contributed by atoms with Gasteiger partial charge in [-0.2, -0.15) is 5.26 Å². The Bertz CT molecular complexity index is 659. The molecule has 20 heavy (non-hydrogen) atoms. The summed E-state index contributed by atoms with van der Waals surface area (Å²) in [4.78, 5) is 12.3. The van der Waals surface area contributed by atoms with E-state index in [9.17, 15) is 4.79 Å². The first-order valence-electron chi connectivity index (χ1n) is 6.39. The van der Waals surface area contributed by atoms with Crippen LogP contribution < -0.4 is 10.6 Å². The SMILES string of the molecule is CCNc1ccccc1C(=O)Nc1cccc(C#N)c1. The van der Waals surface area contributed by atoms with Crippen LogP contribution in [0.1, 0.15) is 22.8 Å². The maximum atomic E-state index is 12.3. The van der Waals surface area contributed by atoms with Crippen LogP contribution in [-0.4, -0.2) is 12.5 Å². The highest BCUT2D eigenvalue weighted by molar-refractivity contribution is 6.08. The van der Waals surface area contributed by atoms with E-state index in [2.05, 4.69) is 10.6 Å². The smallest absolute Gasteiger partial charge is 0.257 e. The van der Waals surface area contributed by atoms with Gasteiger partial charge in [-0.1, -0.05) is 18.2 Å². The van der Waals surface area contributed by atoms with E-state index in [1.807, 2.05) is 31.2 Å². The zero-order valence-corrected chi connectivity index (χ0v) is 11.2. The summed E-state index contributed by atoms with van der Waals surface area (Å²) in [7, 11) is 0. The summed E-state index contributed by atoms with van der Waals surface area (Å²) >= 11 is 0. The molecule has 0 aliphatic heterocycles. The number of nitrogens with zero attached hydrogens (tertiary/aromatic N) is 1. The third-order valence-corrected chi connectivity index (χ3v) is 2.79. The normalized spacial score (nSPS) is 9.60. The molecule has 0 aromatic heterocycles. The molecule has 100 valence electrons. The van der Waals surface area contributed by atoms with Gasteiger partial charge in [0.2, 0.25) is 0 Å². The second-order valence-electron chi connectivity index (χ2n) is 4.22. The lowest BCUT2D eigenvalue weighted by atomic mass is 10.1. The van der Waals surface area contributed by atoms with E-state index in [1.54, 1.807) is 30.3 Å². The topological polar surface area (TPSA) is 64.9 Å². The molecule has 2 aromatic rings. The third-order valence-electron chi connectivity index (χ3n) is 2.79. The Hall–Kier alpha value is -2.80. The van der Waals surface area contributed by atoms with E-state index < -0.39 is 0 Å². The van der Waals surface area contributed by atoms with Crippen molar-refractivity contribution in [3.05, 3.63) is 59.7 Å². The first kappa shape index (κ1) is 13.6. The van der Waals surface area contributed by atoms with Gasteiger partial charge in [-0.05, 0) is 37.3 Å². The summed E-state index contributed by atoms with van der Waals surface area (Å²) in [6.07, 6.45) is 0. The fourth-order valence-electron chi connectivity index (χ4n) is 1.89. The summed E-state index contributed by atoms with van der Waals surface area (Å²) in [6.45, 7) is 2.72. The van der Waals surface area contributed by atoms with E-state index in [0.29, 0.717) is 16.8 Å². The molecule has 0 aliphatic rings. The van der Waals surface area contributed by atoms with Crippen LogP contribution in [0, 0.1) is 11.3 Å². The van der Waals surface area contributed by atoms with Gasteiger partial charge >= 0.3 is 0 Å². The van der Waals surface area contributed by atoms with Crippen molar-refractivity contribution in [2.45, 2.75) is 6.92 Å². The van der Waals surface area contributed by atoms with Gasteiger partial charge in [-0.25, -0.2) is 0 Å². The van der Waals surface area contributed by atoms with Crippen LogP contribution in [0.15, 0.2) is 48.5 Å². The molecule has 0 atom stereocenters. The van der Waals surface area contributed by atoms with E-state index in [-0.39, 0.29) is 5.91 Å². The molecule has 0 radical (unpaired) electrons. The molecule has 0 saturated carbocycles. The molecule has 2 aromatic carbocycles. The zero-order chi connectivity index (χ0) is 14.4. The molecular formula is C16H15N3O. The van der Waals surface area contributed by atoms with Gasteiger partial charge in [0, 0.05) is 17.9 Å². The van der Waals surface area contributed by atoms with Crippen LogP contribution in [0.5, 0.6) is 0 Å². The molecule has 0 bridgehead atoms. The maximum absolute atomic E-state index is 12.3. The third kappa shape index (κ3) is 3.15. The van der Waals surface area contributed by atoms with E-state index in [0.717, 1.165) is 12.2 Å². The van der Waals surface area contributed by atoms with Crippen molar-refractivity contribution >= 4 is 17.3 Å². The highest BCUT2D eigenvalue weighted by Gasteiger charge is 2.10. The number of carbonyl (C=O) groups is 1. The Kier molecular flexibility index (Phi) is 4.35. The van der Waals surface area contributed by atoms with Crippen LogP contribution in [-0.2, 0) is 0 Å². The van der Waals surface area contributed by atoms with E-state index in [1.165, 1.54) is 0 Å². The van der Waals surface area contributed by atoms with Gasteiger partial charge in [-0.15, -0.1) is 0 Å². The molecule has 4 heteroatoms. The Morgan fingerprint density at radius 1 is 1.20 bits per heavy atom. The van der Waals surface area contributed by atoms with Crippen molar-refractivity contribution in [2.24, 2.45) is 0 Å². The summed E-state index contributed by atoms with van der Waals surface area (Å²) < 4.78 is 0. The number of anilines is 2. The molecule has 0 unspecified atom stereocenters. The number of hydrogen-bond donors (Lipinski definition) is 2. The van der Waals surface area contributed by atoms with Crippen LogP contribution >= 0.6 is 0 Å². The van der Waals surface area contributed by atoms with Crippen molar-refractivity contribution in [1.82, 2.24) is 0 Å². The standard InChI is InChI=1S/C16H15N3O/c1-2-18-15-9-4-3-8-14(15)16(20)19-13-7-5-6-12(10-13)11-17/h3-10,18H,2H2,1H3,(H,19,20). The molecule has 2 N–H and O–H groups in total. The first-order chi connectivity index (χ1) is 9.74. The number of carbonyl (C=O) groups excluding carboxylic acids is 1. The minimum Gasteiger partial charge on any atom is -0.385 e. The fraction of sp³-hybridized carbons (Fsp3) is 0.125. The van der Waals surface area contributed by atoms with Gasteiger partial charge in [0.1, 0.15) is 0 Å². The maximum Gasteiger partial charge on any atom is 0.257 e. The second kappa shape index (κ2) is 6.39. The van der Waals surface area contributed by atoms with Gasteiger partial charge in [-0.3, -0.25) is 4.79 Å². The number of nitriles is 1. The molecule has 0 aliphatic carbocycles. The largest absolute Gasteiger partial charge is 0.385 e. The number of para-hydroxylation sites is 1. The predicted octanol–water partition coefficient (Wildman–Crippen LogP) is 3.24. The average Bonchev–Trinajstić information content (AvgIpc) is 2.48. The Morgan fingerprint density at radius 3 is 2.75 bits per heavy atom. The van der Waals surface area contributed by atoms with Crippen molar-refractivity contribution in [1.29, 1.82) is 5.26 Å². The number of benzene rings is 2. The average molecular weight is 265 g/mol. The summed E-state index contributed by atoms with van der Waals surface area (Å²) in [6, 6.07) is 16.2. The monoisotopic (exact) mass is 265 g/mol. The molecule has 0 fully saturated rings. The fourth-order valence-corrected chi connectivity index (χ4v) is 1.89. The predicted molar refractivity (Wildman–Crippen MR) is 79.7 cm³/mol. The number of nitrogens with one attached hydrogen (secondary N) is 2. The number of amides is 1. The van der Waals surface area contributed by atoms with Gasteiger partial charge in [0.05, 0.1) is 17.2 Å². The minimum atomic E-state index is -0.198. The van der Waals surface area contributed by atoms with E-state index >= 15 is 0 Å². The molecular weight excluding hydrogens is 250 g/mol. The van der Waals surface area contributed by atoms with Gasteiger partial charge in [0.25, 0.3) is 5.91 Å². The molecule has 0 heterocycles. The van der Waals surface area contributed by atoms with Crippen LogP contribution in [0.25, 0.3) is 0 Å². The van der Waals surface area contributed by atoms with Crippen LogP contribution in [0.3, 0.4) is 0 Å². The molecule has 1 amide bonds. The van der Waals surface area contributed by atoms with Gasteiger partial charge < -0.3 is 10.6 Å². The zero-order valence-electron chi connectivity index (χ0n) is 11.2. The Balaban J connectivity index is 2.22. The van der Waals surface area contributed by atoms with E-state index in [4.69, 9.17) is 5.26 Å². The Morgan fingerprint density at radius 2 is 2.00 bits per heavy atom. The van der Waals surface area contributed by atoms with Crippen molar-refractivity contribution in [3.63, 3.8) is 0 Å². The summed E-state index contributed by atoms with van der Waals surface area (Å²) in [5.74, 6) is -0.198. The summed E-state index contributed by atoms with van der Waals surface area (Å²) in [5.41, 5.74) is 2.50. The summed E-state index contributed by atoms with van der Waals surface area (Å²) in [5, 5.41) is 14.8. The molecule has 0 spiro atoms. The lowest BCUT2D eigenvalue weighted by molar-refractivity contribution is 0.102. The highest BCUT2D eigenvalue weighted by atomic mass is 16.1. The minimum absolute atomic E-state index is 0.198. The lowest BCUT2D eigenvalue weighted by Crippen LogP contribution is -2.14. The Labute approximate surface area is 118 Å².